The number of ether oxygens (including phenoxy) is 1. The molecule has 3 heterocycles. The monoisotopic (exact) mass is 389 g/mol. The Bertz CT molecular complexity index is 1200. The fourth-order valence-electron chi connectivity index (χ4n) is 3.83. The molecule has 1 aliphatic heterocycles. The first-order chi connectivity index (χ1) is 13.7. The third-order valence-electron chi connectivity index (χ3n) is 5.20. The molecule has 4 nitrogen and oxygen atoms in total. The number of thiophene rings is 1. The van der Waals surface area contributed by atoms with E-state index < -0.39 is 0 Å². The smallest absolute Gasteiger partial charge is 0.344 e. The van der Waals surface area contributed by atoms with Gasteiger partial charge in [-0.05, 0) is 41.6 Å². The quantitative estimate of drug-likeness (QED) is 0.453. The number of hydrogen-bond acceptors (Lipinski definition) is 5. The Hall–Kier alpha value is -2.89. The van der Waals surface area contributed by atoms with Crippen LogP contribution in [0.4, 0.5) is 0 Å². The third kappa shape index (κ3) is 2.93. The van der Waals surface area contributed by atoms with E-state index in [4.69, 9.17) is 9.15 Å². The van der Waals surface area contributed by atoms with Gasteiger partial charge in [-0.3, -0.25) is 4.90 Å². The number of benzene rings is 2. The van der Waals surface area contributed by atoms with E-state index in [2.05, 4.69) is 22.4 Å². The van der Waals surface area contributed by atoms with Gasteiger partial charge in [0.25, 0.3) is 0 Å². The highest BCUT2D eigenvalue weighted by atomic mass is 32.1. The standard InChI is InChI=1S/C23H19NO3S/c1-15-18-9-10-20-19(13-24(14-26-20)12-17-8-5-11-28-17)22(18)27-23(25)21(15)16-6-3-2-4-7-16/h2-11H,12-14H2,1H3. The van der Waals surface area contributed by atoms with Gasteiger partial charge >= 0.3 is 5.63 Å². The summed E-state index contributed by atoms with van der Waals surface area (Å²) in [5, 5.41) is 3.04. The highest BCUT2D eigenvalue weighted by molar-refractivity contribution is 7.09. The predicted octanol–water partition coefficient (Wildman–Crippen LogP) is 5.18. The molecule has 0 atom stereocenters. The normalized spacial score (nSPS) is 14.0. The first kappa shape index (κ1) is 17.2. The van der Waals surface area contributed by atoms with Crippen molar-refractivity contribution in [2.45, 2.75) is 20.0 Å². The minimum atomic E-state index is -0.306. The molecule has 0 radical (unpaired) electrons. The minimum absolute atomic E-state index is 0.306. The fourth-order valence-corrected chi connectivity index (χ4v) is 4.58. The van der Waals surface area contributed by atoms with Gasteiger partial charge in [-0.25, -0.2) is 4.79 Å². The van der Waals surface area contributed by atoms with Gasteiger partial charge in [-0.2, -0.15) is 0 Å². The van der Waals surface area contributed by atoms with E-state index in [0.717, 1.165) is 34.4 Å². The van der Waals surface area contributed by atoms with Gasteiger partial charge in [0.05, 0.1) is 11.1 Å². The lowest BCUT2D eigenvalue weighted by Crippen LogP contribution is -2.31. The van der Waals surface area contributed by atoms with Gasteiger partial charge in [-0.15, -0.1) is 11.3 Å². The summed E-state index contributed by atoms with van der Waals surface area (Å²) in [6.07, 6.45) is 0. The molecule has 0 amide bonds. The summed E-state index contributed by atoms with van der Waals surface area (Å²) in [6.45, 7) is 4.03. The molecular formula is C23H19NO3S. The average Bonchev–Trinajstić information content (AvgIpc) is 3.22. The van der Waals surface area contributed by atoms with Crippen LogP contribution in [0.15, 0.2) is 69.2 Å². The molecule has 4 aromatic rings. The van der Waals surface area contributed by atoms with Crippen molar-refractivity contribution in [2.24, 2.45) is 0 Å². The molecule has 28 heavy (non-hydrogen) atoms. The zero-order chi connectivity index (χ0) is 19.1. The van der Waals surface area contributed by atoms with Crippen LogP contribution in [0.5, 0.6) is 5.75 Å². The van der Waals surface area contributed by atoms with E-state index in [0.29, 0.717) is 24.4 Å². The van der Waals surface area contributed by atoms with Crippen molar-refractivity contribution in [3.05, 3.63) is 86.4 Å². The van der Waals surface area contributed by atoms with Crippen molar-refractivity contribution in [3.8, 4) is 16.9 Å². The van der Waals surface area contributed by atoms with E-state index in [1.165, 1.54) is 4.88 Å². The Morgan fingerprint density at radius 1 is 1.07 bits per heavy atom. The van der Waals surface area contributed by atoms with Crippen LogP contribution in [0.1, 0.15) is 16.0 Å². The van der Waals surface area contributed by atoms with Crippen LogP contribution in [0.25, 0.3) is 22.1 Å². The number of fused-ring (bicyclic) bond motifs is 3. The van der Waals surface area contributed by atoms with E-state index in [9.17, 15) is 4.79 Å². The van der Waals surface area contributed by atoms with Crippen LogP contribution in [-0.2, 0) is 13.1 Å². The highest BCUT2D eigenvalue weighted by Crippen LogP contribution is 2.35. The van der Waals surface area contributed by atoms with E-state index in [1.807, 2.05) is 49.4 Å². The van der Waals surface area contributed by atoms with E-state index in [-0.39, 0.29) is 5.63 Å². The average molecular weight is 389 g/mol. The summed E-state index contributed by atoms with van der Waals surface area (Å²) in [5.41, 5.74) is 3.72. The van der Waals surface area contributed by atoms with Crippen LogP contribution in [0, 0.1) is 6.92 Å². The molecule has 5 rings (SSSR count). The summed E-state index contributed by atoms with van der Waals surface area (Å²) < 4.78 is 11.8. The van der Waals surface area contributed by atoms with Gasteiger partial charge in [0.1, 0.15) is 18.1 Å². The summed E-state index contributed by atoms with van der Waals surface area (Å²) in [7, 11) is 0. The molecular weight excluding hydrogens is 370 g/mol. The zero-order valence-electron chi connectivity index (χ0n) is 15.5. The molecule has 2 aromatic carbocycles. The van der Waals surface area contributed by atoms with Crippen molar-refractivity contribution >= 4 is 22.3 Å². The number of nitrogens with zero attached hydrogens (tertiary/aromatic N) is 1. The second-order valence-corrected chi connectivity index (χ2v) is 8.05. The van der Waals surface area contributed by atoms with Gasteiger partial charge in [0.15, 0.2) is 0 Å². The summed E-state index contributed by atoms with van der Waals surface area (Å²) >= 11 is 1.74. The second kappa shape index (κ2) is 6.93. The second-order valence-electron chi connectivity index (χ2n) is 7.01. The third-order valence-corrected chi connectivity index (χ3v) is 6.06. The molecule has 140 valence electrons. The Morgan fingerprint density at radius 2 is 1.93 bits per heavy atom. The summed E-state index contributed by atoms with van der Waals surface area (Å²) in [6, 6.07) is 17.8. The zero-order valence-corrected chi connectivity index (χ0v) is 16.3. The van der Waals surface area contributed by atoms with Gasteiger partial charge in [-0.1, -0.05) is 36.4 Å². The lowest BCUT2D eigenvalue weighted by Gasteiger charge is -2.29. The van der Waals surface area contributed by atoms with Crippen molar-refractivity contribution < 1.29 is 9.15 Å². The largest absolute Gasteiger partial charge is 0.478 e. The molecule has 0 N–H and O–H groups in total. The number of hydrogen-bond donors (Lipinski definition) is 0. The maximum absolute atomic E-state index is 12.9. The maximum Gasteiger partial charge on any atom is 0.344 e. The summed E-state index contributed by atoms with van der Waals surface area (Å²) in [5.74, 6) is 0.796. The van der Waals surface area contributed by atoms with Crippen molar-refractivity contribution in [1.29, 1.82) is 0 Å². The van der Waals surface area contributed by atoms with Gasteiger partial charge < -0.3 is 9.15 Å². The molecule has 1 aliphatic rings. The van der Waals surface area contributed by atoms with Crippen LogP contribution in [0.3, 0.4) is 0 Å². The fraction of sp³-hybridized carbons (Fsp3) is 0.174. The Balaban J connectivity index is 1.61. The minimum Gasteiger partial charge on any atom is -0.478 e. The SMILES string of the molecule is Cc1c(-c2ccccc2)c(=O)oc2c3c(ccc12)OCN(Cc1cccs1)C3. The molecule has 0 fully saturated rings. The van der Waals surface area contributed by atoms with Gasteiger partial charge in [0, 0.05) is 23.4 Å². The molecule has 5 heteroatoms. The van der Waals surface area contributed by atoms with Crippen LogP contribution in [-0.4, -0.2) is 11.6 Å². The highest BCUT2D eigenvalue weighted by Gasteiger charge is 2.24. The maximum atomic E-state index is 12.9. The van der Waals surface area contributed by atoms with Crippen molar-refractivity contribution in [1.82, 2.24) is 4.90 Å². The predicted molar refractivity (Wildman–Crippen MR) is 112 cm³/mol. The Morgan fingerprint density at radius 3 is 2.71 bits per heavy atom. The lowest BCUT2D eigenvalue weighted by molar-refractivity contribution is 0.0899. The lowest BCUT2D eigenvalue weighted by atomic mass is 9.97. The topological polar surface area (TPSA) is 42.7 Å². The first-order valence-electron chi connectivity index (χ1n) is 9.23. The molecule has 0 bridgehead atoms. The first-order valence-corrected chi connectivity index (χ1v) is 10.1. The summed E-state index contributed by atoms with van der Waals surface area (Å²) in [4.78, 5) is 16.4. The molecule has 0 unspecified atom stereocenters. The molecule has 2 aromatic heterocycles. The van der Waals surface area contributed by atoms with Crippen LogP contribution < -0.4 is 10.4 Å². The molecule has 0 aliphatic carbocycles. The van der Waals surface area contributed by atoms with Crippen molar-refractivity contribution in [2.75, 3.05) is 6.73 Å². The van der Waals surface area contributed by atoms with E-state index >= 15 is 0 Å². The van der Waals surface area contributed by atoms with E-state index in [1.54, 1.807) is 11.3 Å². The van der Waals surface area contributed by atoms with Gasteiger partial charge in [0.2, 0.25) is 0 Å². The van der Waals surface area contributed by atoms with Crippen LogP contribution in [0.2, 0.25) is 0 Å². The van der Waals surface area contributed by atoms with Crippen LogP contribution >= 0.6 is 11.3 Å². The Kier molecular flexibility index (Phi) is 4.26. The Labute approximate surface area is 166 Å². The molecule has 0 saturated carbocycles. The molecule has 0 saturated heterocycles. The van der Waals surface area contributed by atoms with Crippen molar-refractivity contribution in [3.63, 3.8) is 0 Å². The number of rotatable bonds is 3. The molecule has 0 spiro atoms. The number of aryl methyl sites for hydroxylation is 1.